The highest BCUT2D eigenvalue weighted by atomic mass is 16.5. The van der Waals surface area contributed by atoms with E-state index in [1.807, 2.05) is 6.92 Å². The average molecular weight is 182 g/mol. The summed E-state index contributed by atoms with van der Waals surface area (Å²) >= 11 is 0. The summed E-state index contributed by atoms with van der Waals surface area (Å²) in [6.45, 7) is 2.58. The van der Waals surface area contributed by atoms with Crippen molar-refractivity contribution in [3.63, 3.8) is 0 Å². The van der Waals surface area contributed by atoms with E-state index in [9.17, 15) is 5.21 Å². The summed E-state index contributed by atoms with van der Waals surface area (Å²) in [7, 11) is 0. The van der Waals surface area contributed by atoms with Crippen LogP contribution in [0.1, 0.15) is 6.92 Å². The predicted molar refractivity (Wildman–Crippen MR) is 50.9 cm³/mol. The van der Waals surface area contributed by atoms with Crippen molar-refractivity contribution in [2.24, 2.45) is 5.73 Å². The molecule has 0 unspecified atom stereocenters. The molecule has 0 bridgehead atoms. The lowest BCUT2D eigenvalue weighted by molar-refractivity contribution is 0.260. The normalized spacial score (nSPS) is 9.77. The van der Waals surface area contributed by atoms with Crippen LogP contribution in [0.3, 0.4) is 0 Å². The van der Waals surface area contributed by atoms with E-state index in [2.05, 4.69) is 0 Å². The Kier molecular flexibility index (Phi) is 3.54. The molecule has 0 saturated carbocycles. The molecule has 0 aliphatic carbocycles. The molecular weight excluding hydrogens is 168 g/mol. The van der Waals surface area contributed by atoms with Crippen LogP contribution >= 0.6 is 0 Å². The zero-order valence-corrected chi connectivity index (χ0v) is 7.60. The van der Waals surface area contributed by atoms with Gasteiger partial charge in [-0.15, -0.1) is 0 Å². The third-order valence-electron chi connectivity index (χ3n) is 1.68. The van der Waals surface area contributed by atoms with E-state index < -0.39 is 0 Å². The molecular formula is C9H14N2O2. The molecule has 1 rings (SSSR count). The first-order valence-corrected chi connectivity index (χ1v) is 4.17. The van der Waals surface area contributed by atoms with Crippen molar-refractivity contribution in [2.75, 3.05) is 18.3 Å². The van der Waals surface area contributed by atoms with Crippen LogP contribution in [0.2, 0.25) is 0 Å². The van der Waals surface area contributed by atoms with Gasteiger partial charge in [-0.1, -0.05) is 0 Å². The third-order valence-corrected chi connectivity index (χ3v) is 1.68. The molecule has 0 aliphatic heterocycles. The molecule has 0 radical (unpaired) electrons. The van der Waals surface area contributed by atoms with Crippen LogP contribution in [0.5, 0.6) is 5.75 Å². The Balaban J connectivity index is 2.69. The van der Waals surface area contributed by atoms with Gasteiger partial charge in [-0.2, -0.15) is 0 Å². The van der Waals surface area contributed by atoms with Crippen LogP contribution < -0.4 is 15.5 Å². The SMILES string of the molecule is CCN(O)c1ccc(OCN)cc1. The number of nitrogens with two attached hydrogens (primary N) is 1. The number of rotatable bonds is 4. The summed E-state index contributed by atoms with van der Waals surface area (Å²) in [4.78, 5) is 0. The van der Waals surface area contributed by atoms with E-state index in [4.69, 9.17) is 10.5 Å². The zero-order chi connectivity index (χ0) is 9.68. The van der Waals surface area contributed by atoms with E-state index in [-0.39, 0.29) is 6.73 Å². The monoisotopic (exact) mass is 182 g/mol. The summed E-state index contributed by atoms with van der Waals surface area (Å²) in [6, 6.07) is 7.07. The molecule has 0 atom stereocenters. The summed E-state index contributed by atoms with van der Waals surface area (Å²) in [5.74, 6) is 0.704. The summed E-state index contributed by atoms with van der Waals surface area (Å²) in [6.07, 6.45) is 0. The maximum absolute atomic E-state index is 9.32. The molecule has 3 N–H and O–H groups in total. The number of hydrogen-bond acceptors (Lipinski definition) is 4. The molecule has 72 valence electrons. The lowest BCUT2D eigenvalue weighted by atomic mass is 10.3. The van der Waals surface area contributed by atoms with Crippen molar-refractivity contribution in [1.82, 2.24) is 0 Å². The molecule has 0 heterocycles. The highest BCUT2D eigenvalue weighted by Gasteiger charge is 1.99. The molecule has 0 spiro atoms. The minimum absolute atomic E-state index is 0.163. The van der Waals surface area contributed by atoms with Gasteiger partial charge < -0.3 is 4.74 Å². The molecule has 0 amide bonds. The Labute approximate surface area is 77.5 Å². The van der Waals surface area contributed by atoms with E-state index in [1.54, 1.807) is 24.3 Å². The van der Waals surface area contributed by atoms with Crippen LogP contribution in [0, 0.1) is 0 Å². The van der Waals surface area contributed by atoms with E-state index >= 15 is 0 Å². The number of benzene rings is 1. The second-order valence-electron chi connectivity index (χ2n) is 2.52. The first-order chi connectivity index (χ1) is 6.27. The topological polar surface area (TPSA) is 58.7 Å². The van der Waals surface area contributed by atoms with Gasteiger partial charge in [0.25, 0.3) is 0 Å². The van der Waals surface area contributed by atoms with Crippen molar-refractivity contribution < 1.29 is 9.94 Å². The van der Waals surface area contributed by atoms with Crippen LogP contribution in [0.15, 0.2) is 24.3 Å². The largest absolute Gasteiger partial charge is 0.479 e. The fourth-order valence-electron chi connectivity index (χ4n) is 0.993. The highest BCUT2D eigenvalue weighted by molar-refractivity contribution is 5.46. The van der Waals surface area contributed by atoms with Crippen LogP contribution in [0.25, 0.3) is 0 Å². The molecule has 0 aliphatic rings. The average Bonchev–Trinajstić information content (AvgIpc) is 2.18. The van der Waals surface area contributed by atoms with Crippen LogP contribution in [-0.4, -0.2) is 18.5 Å². The summed E-state index contributed by atoms with van der Waals surface area (Å²) in [5, 5.41) is 10.5. The first-order valence-electron chi connectivity index (χ1n) is 4.17. The molecule has 1 aromatic carbocycles. The van der Waals surface area contributed by atoms with Crippen LogP contribution in [-0.2, 0) is 0 Å². The second kappa shape index (κ2) is 4.69. The van der Waals surface area contributed by atoms with Crippen molar-refractivity contribution in [1.29, 1.82) is 0 Å². The quantitative estimate of drug-likeness (QED) is 0.542. The van der Waals surface area contributed by atoms with Gasteiger partial charge in [0.2, 0.25) is 0 Å². The van der Waals surface area contributed by atoms with Gasteiger partial charge >= 0.3 is 0 Å². The van der Waals surface area contributed by atoms with E-state index in [1.165, 1.54) is 0 Å². The smallest absolute Gasteiger partial charge is 0.137 e. The Bertz CT molecular complexity index is 248. The molecule has 4 heteroatoms. The molecule has 0 aromatic heterocycles. The number of nitrogens with zero attached hydrogens (tertiary/aromatic N) is 1. The van der Waals surface area contributed by atoms with E-state index in [0.29, 0.717) is 12.3 Å². The van der Waals surface area contributed by atoms with Crippen molar-refractivity contribution >= 4 is 5.69 Å². The van der Waals surface area contributed by atoms with Crippen LogP contribution in [0.4, 0.5) is 5.69 Å². The Morgan fingerprint density at radius 1 is 1.38 bits per heavy atom. The minimum Gasteiger partial charge on any atom is -0.479 e. The first kappa shape index (κ1) is 9.83. The third kappa shape index (κ3) is 2.61. The fraction of sp³-hybridized carbons (Fsp3) is 0.333. The fourth-order valence-corrected chi connectivity index (χ4v) is 0.993. The maximum Gasteiger partial charge on any atom is 0.137 e. The van der Waals surface area contributed by atoms with Crippen molar-refractivity contribution in [3.05, 3.63) is 24.3 Å². The van der Waals surface area contributed by atoms with Gasteiger partial charge in [-0.25, -0.2) is 0 Å². The Morgan fingerprint density at radius 3 is 2.46 bits per heavy atom. The molecule has 1 aromatic rings. The van der Waals surface area contributed by atoms with Gasteiger partial charge in [0.05, 0.1) is 5.69 Å². The van der Waals surface area contributed by atoms with Crippen molar-refractivity contribution in [2.45, 2.75) is 6.92 Å². The van der Waals surface area contributed by atoms with Gasteiger partial charge in [-0.05, 0) is 31.2 Å². The second-order valence-corrected chi connectivity index (χ2v) is 2.52. The maximum atomic E-state index is 9.32. The highest BCUT2D eigenvalue weighted by Crippen LogP contribution is 2.17. The molecule has 13 heavy (non-hydrogen) atoms. The molecule has 0 saturated heterocycles. The standard InChI is InChI=1S/C9H14N2O2/c1-2-11(12)8-3-5-9(6-4-8)13-7-10/h3-6,12H,2,7,10H2,1H3. The van der Waals surface area contributed by atoms with Gasteiger partial charge in [0.1, 0.15) is 12.5 Å². The number of anilines is 1. The number of ether oxygens (including phenoxy) is 1. The number of hydroxylamine groups is 1. The number of hydrogen-bond donors (Lipinski definition) is 2. The van der Waals surface area contributed by atoms with Crippen molar-refractivity contribution in [3.8, 4) is 5.75 Å². The Hall–Kier alpha value is -1.26. The zero-order valence-electron chi connectivity index (χ0n) is 7.60. The lowest BCUT2D eigenvalue weighted by Gasteiger charge is -2.14. The van der Waals surface area contributed by atoms with Gasteiger partial charge in [0, 0.05) is 6.54 Å². The Morgan fingerprint density at radius 2 is 2.00 bits per heavy atom. The summed E-state index contributed by atoms with van der Waals surface area (Å²) < 4.78 is 5.05. The van der Waals surface area contributed by atoms with Gasteiger partial charge in [-0.3, -0.25) is 16.0 Å². The van der Waals surface area contributed by atoms with E-state index in [0.717, 1.165) is 10.8 Å². The van der Waals surface area contributed by atoms with Gasteiger partial charge in [0.15, 0.2) is 0 Å². The minimum atomic E-state index is 0.163. The lowest BCUT2D eigenvalue weighted by Crippen LogP contribution is -2.16. The predicted octanol–water partition coefficient (Wildman–Crippen LogP) is 1.20. The molecule has 4 nitrogen and oxygen atoms in total. The molecule has 0 fully saturated rings. The summed E-state index contributed by atoms with van der Waals surface area (Å²) in [5.41, 5.74) is 5.95.